The van der Waals surface area contributed by atoms with Crippen molar-refractivity contribution in [1.29, 1.82) is 0 Å². The van der Waals surface area contributed by atoms with Crippen molar-refractivity contribution >= 4 is 49.1 Å². The second-order valence-electron chi connectivity index (χ2n) is 11.2. The largest absolute Gasteiger partial charge is 0.353 e. The third-order valence-electron chi connectivity index (χ3n) is 7.92. The van der Waals surface area contributed by atoms with Gasteiger partial charge in [0.1, 0.15) is 0 Å². The molecule has 0 saturated carbocycles. The molecule has 0 amide bonds. The fraction of sp³-hybridized carbons (Fsp3) is 0.250. The number of aromatic nitrogens is 1. The molecule has 0 radical (unpaired) electrons. The number of fused-ring (bicyclic) bond motifs is 4. The minimum absolute atomic E-state index is 0.160. The lowest BCUT2D eigenvalue weighted by Gasteiger charge is -2.42. The van der Waals surface area contributed by atoms with Gasteiger partial charge in [0.25, 0.3) is 0 Å². The van der Waals surface area contributed by atoms with Gasteiger partial charge in [0.2, 0.25) is 0 Å². The summed E-state index contributed by atoms with van der Waals surface area (Å²) in [4.78, 5) is 0. The highest BCUT2D eigenvalue weighted by Gasteiger charge is 2.37. The van der Waals surface area contributed by atoms with E-state index >= 15 is 0 Å². The first-order chi connectivity index (χ1) is 16.8. The van der Waals surface area contributed by atoms with Crippen LogP contribution in [0.15, 0.2) is 89.4 Å². The zero-order chi connectivity index (χ0) is 24.4. The molecule has 2 nitrogen and oxygen atoms in total. The minimum Gasteiger partial charge on any atom is -0.353 e. The Labute approximate surface area is 216 Å². The minimum atomic E-state index is 0.160. The van der Waals surface area contributed by atoms with Crippen LogP contribution in [0.1, 0.15) is 51.7 Å². The Balaban J connectivity index is 1.58. The van der Waals surface area contributed by atoms with E-state index < -0.39 is 0 Å². The molecule has 3 heteroatoms. The maximum absolute atomic E-state index is 3.91. The molecule has 0 unspecified atom stereocenters. The molecular weight excluding hydrogens is 492 g/mol. The molecule has 176 valence electrons. The number of anilines is 2. The van der Waals surface area contributed by atoms with Crippen molar-refractivity contribution in [3.8, 4) is 5.69 Å². The summed E-state index contributed by atoms with van der Waals surface area (Å²) >= 11 is 3.91. The highest BCUT2D eigenvalue weighted by Crippen LogP contribution is 2.48. The van der Waals surface area contributed by atoms with E-state index in [9.17, 15) is 0 Å². The van der Waals surface area contributed by atoms with E-state index in [1.807, 2.05) is 0 Å². The molecule has 1 heterocycles. The maximum Gasteiger partial charge on any atom is 0.0776 e. The molecule has 4 aromatic carbocycles. The Kier molecular flexibility index (Phi) is 5.12. The zero-order valence-electron chi connectivity index (χ0n) is 20.8. The molecule has 0 spiro atoms. The van der Waals surface area contributed by atoms with Gasteiger partial charge in [-0.25, -0.2) is 0 Å². The molecule has 1 N–H and O–H groups in total. The lowest BCUT2D eigenvalue weighted by molar-refractivity contribution is 0.332. The first-order valence-corrected chi connectivity index (χ1v) is 13.2. The first kappa shape index (κ1) is 22.4. The van der Waals surface area contributed by atoms with Crippen LogP contribution >= 0.6 is 15.9 Å². The Hall–Kier alpha value is -3.04. The van der Waals surface area contributed by atoms with E-state index in [0.29, 0.717) is 0 Å². The molecule has 0 atom stereocenters. The number of hydrogen-bond acceptors (Lipinski definition) is 1. The van der Waals surface area contributed by atoms with Crippen molar-refractivity contribution < 1.29 is 0 Å². The monoisotopic (exact) mass is 522 g/mol. The second kappa shape index (κ2) is 7.99. The molecule has 1 aliphatic rings. The van der Waals surface area contributed by atoms with Gasteiger partial charge in [-0.1, -0.05) is 76.2 Å². The van der Waals surface area contributed by atoms with Crippen LogP contribution in [0.4, 0.5) is 11.4 Å². The van der Waals surface area contributed by atoms with Crippen LogP contribution in [0.2, 0.25) is 0 Å². The lowest BCUT2D eigenvalue weighted by atomic mass is 9.63. The van der Waals surface area contributed by atoms with Gasteiger partial charge in [-0.2, -0.15) is 0 Å². The van der Waals surface area contributed by atoms with Gasteiger partial charge in [0.15, 0.2) is 0 Å². The fourth-order valence-electron chi connectivity index (χ4n) is 5.79. The second-order valence-corrected chi connectivity index (χ2v) is 12.0. The average molecular weight is 524 g/mol. The Morgan fingerprint density at radius 1 is 0.686 bits per heavy atom. The number of rotatable bonds is 3. The number of para-hydroxylation sites is 3. The molecule has 0 bridgehead atoms. The smallest absolute Gasteiger partial charge is 0.0776 e. The molecular formula is C32H31BrN2. The predicted octanol–water partition coefficient (Wildman–Crippen LogP) is 9.64. The SMILES string of the molecule is CC1(C)CCC(C)(C)c2cc(Nc3cccc4c5ccccc5n(-c5ccccc5)c34)c(Br)cc21. The van der Waals surface area contributed by atoms with Gasteiger partial charge >= 0.3 is 0 Å². The van der Waals surface area contributed by atoms with E-state index in [2.05, 4.69) is 138 Å². The van der Waals surface area contributed by atoms with Crippen molar-refractivity contribution in [2.45, 2.75) is 51.4 Å². The van der Waals surface area contributed by atoms with Gasteiger partial charge in [-0.3, -0.25) is 0 Å². The summed E-state index contributed by atoms with van der Waals surface area (Å²) in [6, 6.07) is 30.7. The van der Waals surface area contributed by atoms with E-state index in [-0.39, 0.29) is 10.8 Å². The quantitative estimate of drug-likeness (QED) is 0.249. The highest BCUT2D eigenvalue weighted by atomic mass is 79.9. The maximum atomic E-state index is 3.91. The van der Waals surface area contributed by atoms with Gasteiger partial charge in [-0.15, -0.1) is 0 Å². The molecule has 6 rings (SSSR count). The third kappa shape index (κ3) is 3.60. The third-order valence-corrected chi connectivity index (χ3v) is 8.58. The van der Waals surface area contributed by atoms with E-state index in [1.54, 1.807) is 0 Å². The van der Waals surface area contributed by atoms with Crippen LogP contribution in [0, 0.1) is 0 Å². The molecule has 35 heavy (non-hydrogen) atoms. The number of benzene rings is 4. The summed E-state index contributed by atoms with van der Waals surface area (Å²) in [5.41, 5.74) is 9.07. The van der Waals surface area contributed by atoms with Crippen LogP contribution < -0.4 is 5.32 Å². The van der Waals surface area contributed by atoms with Crippen LogP contribution in [-0.4, -0.2) is 4.57 Å². The first-order valence-electron chi connectivity index (χ1n) is 12.5. The summed E-state index contributed by atoms with van der Waals surface area (Å²) in [7, 11) is 0. The van der Waals surface area contributed by atoms with Crippen molar-refractivity contribution in [2.75, 3.05) is 5.32 Å². The predicted molar refractivity (Wildman–Crippen MR) is 153 cm³/mol. The van der Waals surface area contributed by atoms with E-state index in [4.69, 9.17) is 0 Å². The number of halogens is 1. The number of nitrogens with zero attached hydrogens (tertiary/aromatic N) is 1. The fourth-order valence-corrected chi connectivity index (χ4v) is 6.24. The topological polar surface area (TPSA) is 17.0 Å². The molecule has 5 aromatic rings. The van der Waals surface area contributed by atoms with Gasteiger partial charge in [0.05, 0.1) is 22.4 Å². The van der Waals surface area contributed by atoms with Crippen LogP contribution in [-0.2, 0) is 10.8 Å². The van der Waals surface area contributed by atoms with E-state index in [0.717, 1.165) is 15.8 Å². The summed E-state index contributed by atoms with van der Waals surface area (Å²) in [5, 5.41) is 6.35. The average Bonchev–Trinajstić information content (AvgIpc) is 3.19. The zero-order valence-corrected chi connectivity index (χ0v) is 22.4. The normalized spacial score (nSPS) is 16.4. The van der Waals surface area contributed by atoms with E-state index in [1.165, 1.54) is 51.5 Å². The summed E-state index contributed by atoms with van der Waals surface area (Å²) in [6.07, 6.45) is 2.41. The Morgan fingerprint density at radius 3 is 2.06 bits per heavy atom. The lowest BCUT2D eigenvalue weighted by Crippen LogP contribution is -2.33. The van der Waals surface area contributed by atoms with Crippen LogP contribution in [0.3, 0.4) is 0 Å². The van der Waals surface area contributed by atoms with Crippen molar-refractivity contribution in [1.82, 2.24) is 4.57 Å². The van der Waals surface area contributed by atoms with Gasteiger partial charge in [-0.05, 0) is 87.1 Å². The standard InChI is InChI=1S/C32H31BrN2/c1-31(2)17-18-32(3,4)25-20-28(26(33)19-24(25)31)34-27-15-10-14-23-22-13-8-9-16-29(22)35(30(23)27)21-11-6-5-7-12-21/h5-16,19-20,34H,17-18H2,1-4H3. The summed E-state index contributed by atoms with van der Waals surface area (Å²) < 4.78 is 3.49. The Bertz CT molecular complexity index is 1570. The van der Waals surface area contributed by atoms with Crippen molar-refractivity contribution in [2.24, 2.45) is 0 Å². The number of nitrogens with one attached hydrogen (secondary N) is 1. The summed E-state index contributed by atoms with van der Waals surface area (Å²) in [5.74, 6) is 0. The molecule has 0 aliphatic heterocycles. The Morgan fingerprint density at radius 2 is 1.31 bits per heavy atom. The summed E-state index contributed by atoms with van der Waals surface area (Å²) in [6.45, 7) is 9.51. The van der Waals surface area contributed by atoms with Crippen molar-refractivity contribution in [3.63, 3.8) is 0 Å². The molecule has 0 fully saturated rings. The molecule has 0 saturated heterocycles. The molecule has 1 aliphatic carbocycles. The van der Waals surface area contributed by atoms with Gasteiger partial charge < -0.3 is 9.88 Å². The van der Waals surface area contributed by atoms with Crippen LogP contribution in [0.25, 0.3) is 27.5 Å². The highest BCUT2D eigenvalue weighted by molar-refractivity contribution is 9.10. The number of hydrogen-bond donors (Lipinski definition) is 1. The van der Waals surface area contributed by atoms with Crippen LogP contribution in [0.5, 0.6) is 0 Å². The van der Waals surface area contributed by atoms with Gasteiger partial charge in [0, 0.05) is 20.9 Å². The van der Waals surface area contributed by atoms with Crippen molar-refractivity contribution in [3.05, 3.63) is 101 Å². The molecule has 1 aromatic heterocycles.